The fourth-order valence-corrected chi connectivity index (χ4v) is 0.284. The Labute approximate surface area is 68.8 Å². The van der Waals surface area contributed by atoms with Crippen LogP contribution < -0.4 is 11.5 Å². The van der Waals surface area contributed by atoms with Crippen molar-refractivity contribution < 1.29 is 9.63 Å². The van der Waals surface area contributed by atoms with Gasteiger partial charge in [-0.3, -0.25) is 0 Å². The maximum absolute atomic E-state index is 10.2. The molecule has 0 radical (unpaired) electrons. The predicted octanol–water partition coefficient (Wildman–Crippen LogP) is -1.21. The largest absolute Gasteiger partial charge is 0.368 e. The highest BCUT2D eigenvalue weighted by molar-refractivity contribution is 5.94. The lowest BCUT2D eigenvalue weighted by molar-refractivity contribution is -0.140. The molecule has 0 saturated carbocycles. The molecule has 0 saturated heterocycles. The Morgan fingerprint density at radius 3 is 2.42 bits per heavy atom. The molecular formula is C5H9N5O2. The highest BCUT2D eigenvalue weighted by Crippen LogP contribution is 1.79. The first-order valence-electron chi connectivity index (χ1n) is 2.88. The van der Waals surface area contributed by atoms with Gasteiger partial charge in [0.1, 0.15) is 0 Å². The molecule has 0 atom stereocenters. The number of hydrogen-bond acceptors (Lipinski definition) is 3. The summed E-state index contributed by atoms with van der Waals surface area (Å²) >= 11 is 0. The van der Waals surface area contributed by atoms with Gasteiger partial charge in [-0.2, -0.15) is 4.99 Å². The molecule has 0 rings (SSSR count). The Hall–Kier alpha value is -1.92. The minimum absolute atomic E-state index is 0.150. The van der Waals surface area contributed by atoms with Crippen molar-refractivity contribution in [1.82, 2.24) is 0 Å². The van der Waals surface area contributed by atoms with Crippen LogP contribution in [0.4, 0.5) is 0 Å². The van der Waals surface area contributed by atoms with Crippen LogP contribution in [0, 0.1) is 0 Å². The second kappa shape index (κ2) is 4.83. The van der Waals surface area contributed by atoms with Crippen LogP contribution in [-0.2, 0) is 9.63 Å². The highest BCUT2D eigenvalue weighted by atomic mass is 16.7. The molecule has 0 aliphatic heterocycles. The molecule has 0 aromatic heterocycles. The Kier molecular flexibility index (Phi) is 4.06. The van der Waals surface area contributed by atoms with E-state index in [2.05, 4.69) is 26.7 Å². The summed E-state index contributed by atoms with van der Waals surface area (Å²) in [6.45, 7) is 4.26. The van der Waals surface area contributed by atoms with E-state index in [0.29, 0.717) is 0 Å². The van der Waals surface area contributed by atoms with Crippen LogP contribution in [0.5, 0.6) is 0 Å². The molecule has 0 spiro atoms. The first-order chi connectivity index (χ1) is 5.56. The van der Waals surface area contributed by atoms with Gasteiger partial charge in [-0.05, 0) is 11.9 Å². The first-order valence-corrected chi connectivity index (χ1v) is 2.88. The number of nitrogens with zero attached hydrogens (tertiary/aromatic N) is 3. The molecule has 12 heavy (non-hydrogen) atoms. The second-order valence-electron chi connectivity index (χ2n) is 1.66. The first kappa shape index (κ1) is 10.1. The van der Waals surface area contributed by atoms with Gasteiger partial charge in [-0.25, -0.2) is 9.79 Å². The van der Waals surface area contributed by atoms with E-state index in [0.717, 1.165) is 0 Å². The van der Waals surface area contributed by atoms with Gasteiger partial charge in [0, 0.05) is 6.92 Å². The number of hydrogen-bond donors (Lipinski definition) is 2. The zero-order chi connectivity index (χ0) is 9.56. The third kappa shape index (κ3) is 4.91. The molecule has 0 heterocycles. The van der Waals surface area contributed by atoms with Crippen LogP contribution in [-0.4, -0.2) is 24.6 Å². The minimum Gasteiger partial charge on any atom is -0.368 e. The third-order valence-corrected chi connectivity index (χ3v) is 0.659. The van der Waals surface area contributed by atoms with Crippen LogP contribution >= 0.6 is 0 Å². The molecule has 0 unspecified atom stereocenters. The van der Waals surface area contributed by atoms with Gasteiger partial charge in [-0.15, -0.1) is 0 Å². The van der Waals surface area contributed by atoms with Gasteiger partial charge in [0.05, 0.1) is 0 Å². The molecule has 0 bridgehead atoms. The van der Waals surface area contributed by atoms with Crippen LogP contribution in [0.3, 0.4) is 0 Å². The number of aliphatic imine (C=N–C) groups is 2. The summed E-state index contributed by atoms with van der Waals surface area (Å²) in [6.07, 6.45) is 0. The summed E-state index contributed by atoms with van der Waals surface area (Å²) in [6, 6.07) is 0. The quantitative estimate of drug-likeness (QED) is 0.223. The van der Waals surface area contributed by atoms with Gasteiger partial charge in [0.15, 0.2) is 0 Å². The van der Waals surface area contributed by atoms with E-state index in [1.54, 1.807) is 0 Å². The Bertz CT molecular complexity index is 244. The van der Waals surface area contributed by atoms with E-state index < -0.39 is 5.97 Å². The number of guanidine groups is 2. The van der Waals surface area contributed by atoms with E-state index in [1.807, 2.05) is 0 Å². The number of carbonyl (C=O) groups is 1. The van der Waals surface area contributed by atoms with Crippen molar-refractivity contribution in [3.63, 3.8) is 0 Å². The molecule has 0 aromatic rings. The minimum atomic E-state index is -0.599. The van der Waals surface area contributed by atoms with Crippen molar-refractivity contribution in [2.75, 3.05) is 0 Å². The van der Waals surface area contributed by atoms with Gasteiger partial charge in [0.25, 0.3) is 5.96 Å². The third-order valence-electron chi connectivity index (χ3n) is 0.659. The average molecular weight is 171 g/mol. The van der Waals surface area contributed by atoms with Crippen LogP contribution in [0.25, 0.3) is 0 Å². The SMILES string of the molecule is C=N/C(N)=N/C(N)=N/OC(C)=O. The van der Waals surface area contributed by atoms with E-state index in [1.165, 1.54) is 6.92 Å². The average Bonchev–Trinajstić information content (AvgIpc) is 2.00. The lowest BCUT2D eigenvalue weighted by Crippen LogP contribution is -2.17. The Morgan fingerprint density at radius 2 is 2.00 bits per heavy atom. The lowest BCUT2D eigenvalue weighted by Gasteiger charge is -1.92. The lowest BCUT2D eigenvalue weighted by atomic mass is 10.8. The monoisotopic (exact) mass is 171 g/mol. The Balaban J connectivity index is 4.19. The molecule has 0 aromatic carbocycles. The van der Waals surface area contributed by atoms with Crippen LogP contribution in [0.1, 0.15) is 6.92 Å². The fourth-order valence-electron chi connectivity index (χ4n) is 0.284. The van der Waals surface area contributed by atoms with E-state index >= 15 is 0 Å². The molecule has 0 aliphatic carbocycles. The van der Waals surface area contributed by atoms with Gasteiger partial charge >= 0.3 is 5.97 Å². The number of nitrogens with two attached hydrogens (primary N) is 2. The summed E-state index contributed by atoms with van der Waals surface area (Å²) in [4.78, 5) is 21.0. The van der Waals surface area contributed by atoms with Crippen molar-refractivity contribution in [2.45, 2.75) is 6.92 Å². The zero-order valence-corrected chi connectivity index (χ0v) is 6.52. The Morgan fingerprint density at radius 1 is 1.42 bits per heavy atom. The topological polar surface area (TPSA) is 115 Å². The van der Waals surface area contributed by atoms with E-state index in [-0.39, 0.29) is 11.9 Å². The van der Waals surface area contributed by atoms with Gasteiger partial charge in [-0.1, -0.05) is 0 Å². The second-order valence-corrected chi connectivity index (χ2v) is 1.66. The predicted molar refractivity (Wildman–Crippen MR) is 44.6 cm³/mol. The molecule has 7 heteroatoms. The number of oxime groups is 1. The van der Waals surface area contributed by atoms with Crippen LogP contribution in [0.2, 0.25) is 0 Å². The van der Waals surface area contributed by atoms with E-state index in [9.17, 15) is 4.79 Å². The van der Waals surface area contributed by atoms with Crippen molar-refractivity contribution in [2.24, 2.45) is 26.6 Å². The van der Waals surface area contributed by atoms with Crippen molar-refractivity contribution in [3.8, 4) is 0 Å². The van der Waals surface area contributed by atoms with Crippen molar-refractivity contribution in [3.05, 3.63) is 0 Å². The molecule has 0 fully saturated rings. The maximum Gasteiger partial charge on any atom is 0.332 e. The van der Waals surface area contributed by atoms with E-state index in [4.69, 9.17) is 11.5 Å². The highest BCUT2D eigenvalue weighted by Gasteiger charge is 1.93. The summed E-state index contributed by atoms with van der Waals surface area (Å²) in [7, 11) is 0. The number of rotatable bonds is 1. The van der Waals surface area contributed by atoms with Crippen molar-refractivity contribution >= 4 is 24.6 Å². The maximum atomic E-state index is 10.2. The number of carbonyl (C=O) groups excluding carboxylic acids is 1. The molecule has 4 N–H and O–H groups in total. The van der Waals surface area contributed by atoms with Crippen molar-refractivity contribution in [1.29, 1.82) is 0 Å². The summed E-state index contributed by atoms with van der Waals surface area (Å²) in [5.74, 6) is -1.04. The molecular weight excluding hydrogens is 162 g/mol. The van der Waals surface area contributed by atoms with Crippen LogP contribution in [0.15, 0.2) is 15.1 Å². The standard InChI is InChI=1S/C5H9N5O2/c1-3(11)12-10-5(7)9-4(6)8-2/h2H2,1H3,(H4,6,7,9,10). The molecule has 0 aliphatic rings. The fraction of sp³-hybridized carbons (Fsp3) is 0.200. The van der Waals surface area contributed by atoms with Gasteiger partial charge in [0.2, 0.25) is 5.96 Å². The summed E-state index contributed by atoms with van der Waals surface area (Å²) in [5.41, 5.74) is 10.2. The molecule has 0 amide bonds. The normalized spacial score (nSPS) is 12.4. The molecule has 66 valence electrons. The summed E-state index contributed by atoms with van der Waals surface area (Å²) in [5, 5.41) is 3.10. The molecule has 7 nitrogen and oxygen atoms in total. The van der Waals surface area contributed by atoms with Gasteiger partial charge < -0.3 is 16.3 Å². The summed E-state index contributed by atoms with van der Waals surface area (Å²) < 4.78 is 0. The smallest absolute Gasteiger partial charge is 0.332 e. The zero-order valence-electron chi connectivity index (χ0n) is 6.52.